The largest absolute Gasteiger partial charge is 0.481 e. The molecule has 0 aliphatic carbocycles. The summed E-state index contributed by atoms with van der Waals surface area (Å²) in [4.78, 5) is 43.0. The van der Waals surface area contributed by atoms with Gasteiger partial charge in [-0.25, -0.2) is 0 Å². The lowest BCUT2D eigenvalue weighted by molar-refractivity contribution is -0.156. The Balaban J connectivity index is 2.16. The average molecular weight is 437 g/mol. The van der Waals surface area contributed by atoms with Crippen molar-refractivity contribution >= 4 is 17.8 Å². The van der Waals surface area contributed by atoms with Crippen LogP contribution < -0.4 is 0 Å². The Morgan fingerprint density at radius 3 is 2.55 bits per heavy atom. The summed E-state index contributed by atoms with van der Waals surface area (Å²) in [5.41, 5.74) is -1.71. The number of nitrogens with zero attached hydrogens (tertiary/aromatic N) is 2. The fraction of sp³-hybridized carbons (Fsp3) is 0.783. The molecule has 3 heterocycles. The number of carboxylic acid groups (broad SMARTS) is 1. The van der Waals surface area contributed by atoms with Gasteiger partial charge in [-0.2, -0.15) is 0 Å². The van der Waals surface area contributed by atoms with E-state index in [1.165, 1.54) is 4.90 Å². The molecule has 2 N–H and O–H groups in total. The van der Waals surface area contributed by atoms with Crippen molar-refractivity contribution in [1.82, 2.24) is 9.80 Å². The summed E-state index contributed by atoms with van der Waals surface area (Å²) in [6.45, 7) is 13.4. The maximum absolute atomic E-state index is 14.0. The number of aliphatic carboxylic acids is 1. The maximum atomic E-state index is 14.0. The predicted molar refractivity (Wildman–Crippen MR) is 114 cm³/mol. The Labute approximate surface area is 184 Å². The number of hydrogen-bond acceptors (Lipinski definition) is 5. The average Bonchev–Trinajstić information content (AvgIpc) is 3.33. The van der Waals surface area contributed by atoms with E-state index in [0.717, 1.165) is 0 Å². The van der Waals surface area contributed by atoms with Crippen molar-refractivity contribution in [3.05, 3.63) is 12.7 Å². The second kappa shape index (κ2) is 8.20. The third kappa shape index (κ3) is 3.48. The van der Waals surface area contributed by atoms with Crippen molar-refractivity contribution in [2.75, 3.05) is 13.2 Å². The molecular weight excluding hydrogens is 400 g/mol. The van der Waals surface area contributed by atoms with Crippen molar-refractivity contribution in [2.45, 2.75) is 83.2 Å². The highest BCUT2D eigenvalue weighted by Gasteiger charge is 2.75. The Morgan fingerprint density at radius 2 is 2.06 bits per heavy atom. The van der Waals surface area contributed by atoms with Gasteiger partial charge in [-0.15, -0.1) is 6.58 Å². The molecule has 8 heteroatoms. The predicted octanol–water partition coefficient (Wildman–Crippen LogP) is 1.67. The minimum Gasteiger partial charge on any atom is -0.481 e. The molecule has 0 radical (unpaired) electrons. The standard InChI is InChI=1S/C23H36N2O6/c1-7-11-24(22(4,5)6)20(28)18-23-10-9-15(31-23)16(21(29)30)17(23)19(27)25(18)14(12-26)13(3)8-2/h7,13-18,26H,1,8-12H2,2-6H3,(H,29,30)/t13-,14-,15-,16+,17-,18?,23?/m0/s1. The van der Waals surface area contributed by atoms with Gasteiger partial charge in [0.25, 0.3) is 0 Å². The van der Waals surface area contributed by atoms with E-state index in [2.05, 4.69) is 6.58 Å². The van der Waals surface area contributed by atoms with Crippen LogP contribution >= 0.6 is 0 Å². The molecule has 3 aliphatic heterocycles. The fourth-order valence-corrected chi connectivity index (χ4v) is 5.79. The Kier molecular flexibility index (Phi) is 6.28. The molecule has 3 aliphatic rings. The molecule has 7 atom stereocenters. The molecule has 174 valence electrons. The second-order valence-corrected chi connectivity index (χ2v) is 10.2. The van der Waals surface area contributed by atoms with Gasteiger partial charge in [0, 0.05) is 12.1 Å². The number of fused-ring (bicyclic) bond motifs is 1. The van der Waals surface area contributed by atoms with Crippen LogP contribution in [0.25, 0.3) is 0 Å². The maximum Gasteiger partial charge on any atom is 0.310 e. The van der Waals surface area contributed by atoms with Gasteiger partial charge in [-0.05, 0) is 39.5 Å². The van der Waals surface area contributed by atoms with Gasteiger partial charge in [0.2, 0.25) is 11.8 Å². The number of rotatable bonds is 8. The van der Waals surface area contributed by atoms with Crippen molar-refractivity contribution in [3.63, 3.8) is 0 Å². The quantitative estimate of drug-likeness (QED) is 0.561. The number of likely N-dealkylation sites (tertiary alicyclic amines) is 1. The van der Waals surface area contributed by atoms with Crippen LogP contribution in [0, 0.1) is 17.8 Å². The second-order valence-electron chi connectivity index (χ2n) is 10.2. The third-order valence-electron chi connectivity index (χ3n) is 7.49. The number of ether oxygens (including phenoxy) is 1. The SMILES string of the molecule is C=CCN(C(=O)C1N([C@@H](CO)[C@@H](C)CC)C(=O)[C@@H]2[C@H](C(=O)O)[C@@H]3CCC12O3)C(C)(C)C. The summed E-state index contributed by atoms with van der Waals surface area (Å²) < 4.78 is 6.24. The molecular formula is C23H36N2O6. The van der Waals surface area contributed by atoms with Crippen molar-refractivity contribution in [3.8, 4) is 0 Å². The molecule has 3 fully saturated rings. The monoisotopic (exact) mass is 436 g/mol. The van der Waals surface area contributed by atoms with Gasteiger partial charge in [0.15, 0.2) is 0 Å². The van der Waals surface area contributed by atoms with E-state index in [-0.39, 0.29) is 24.3 Å². The summed E-state index contributed by atoms with van der Waals surface area (Å²) in [7, 11) is 0. The first kappa shape index (κ1) is 23.7. The van der Waals surface area contributed by atoms with Crippen LogP contribution in [0.1, 0.15) is 53.9 Å². The normalized spacial score (nSPS) is 33.9. The van der Waals surface area contributed by atoms with Crippen molar-refractivity contribution in [2.24, 2.45) is 17.8 Å². The van der Waals surface area contributed by atoms with E-state index in [4.69, 9.17) is 4.74 Å². The lowest BCUT2D eigenvalue weighted by Gasteiger charge is -2.44. The summed E-state index contributed by atoms with van der Waals surface area (Å²) in [5.74, 6) is -3.69. The van der Waals surface area contributed by atoms with E-state index in [1.54, 1.807) is 11.0 Å². The van der Waals surface area contributed by atoms with Crippen LogP contribution in [-0.4, -0.2) is 80.3 Å². The molecule has 2 amide bonds. The summed E-state index contributed by atoms with van der Waals surface area (Å²) >= 11 is 0. The summed E-state index contributed by atoms with van der Waals surface area (Å²) in [6.07, 6.45) is 2.74. The molecule has 8 nitrogen and oxygen atoms in total. The first-order valence-electron chi connectivity index (χ1n) is 11.2. The number of amides is 2. The molecule has 3 saturated heterocycles. The first-order chi connectivity index (χ1) is 14.5. The van der Waals surface area contributed by atoms with Crippen LogP contribution in [0.2, 0.25) is 0 Å². The van der Waals surface area contributed by atoms with Crippen molar-refractivity contribution in [1.29, 1.82) is 0 Å². The zero-order chi connectivity index (χ0) is 23.3. The number of aliphatic hydroxyl groups excluding tert-OH is 1. The highest BCUT2D eigenvalue weighted by molar-refractivity contribution is 5.98. The zero-order valence-corrected chi connectivity index (χ0v) is 19.2. The molecule has 31 heavy (non-hydrogen) atoms. The molecule has 0 aromatic heterocycles. The number of hydrogen-bond donors (Lipinski definition) is 2. The molecule has 0 saturated carbocycles. The van der Waals surface area contributed by atoms with Gasteiger partial charge >= 0.3 is 5.97 Å². The fourth-order valence-electron chi connectivity index (χ4n) is 5.79. The summed E-state index contributed by atoms with van der Waals surface area (Å²) in [6, 6.07) is -1.56. The zero-order valence-electron chi connectivity index (χ0n) is 19.2. The number of carboxylic acids is 1. The smallest absolute Gasteiger partial charge is 0.310 e. The molecule has 1 spiro atoms. The van der Waals surface area contributed by atoms with Crippen LogP contribution in [-0.2, 0) is 19.1 Å². The van der Waals surface area contributed by atoms with Gasteiger partial charge in [0.05, 0.1) is 30.6 Å². The molecule has 0 aromatic carbocycles. The molecule has 2 bridgehead atoms. The highest BCUT2D eigenvalue weighted by Crippen LogP contribution is 2.59. The van der Waals surface area contributed by atoms with E-state index in [1.807, 2.05) is 34.6 Å². The van der Waals surface area contributed by atoms with E-state index < -0.39 is 47.1 Å². The van der Waals surface area contributed by atoms with Crippen molar-refractivity contribution < 1.29 is 29.3 Å². The lowest BCUT2D eigenvalue weighted by atomic mass is 9.70. The van der Waals surface area contributed by atoms with Crippen LogP contribution in [0.15, 0.2) is 12.7 Å². The number of carbonyl (C=O) groups excluding carboxylic acids is 2. The molecule has 3 rings (SSSR count). The topological polar surface area (TPSA) is 107 Å². The number of aliphatic hydroxyl groups is 1. The summed E-state index contributed by atoms with van der Waals surface area (Å²) in [5, 5.41) is 20.1. The van der Waals surface area contributed by atoms with Gasteiger partial charge in [-0.3, -0.25) is 14.4 Å². The first-order valence-corrected chi connectivity index (χ1v) is 11.2. The van der Waals surface area contributed by atoms with Crippen LogP contribution in [0.5, 0.6) is 0 Å². The Hall–Kier alpha value is -1.93. The van der Waals surface area contributed by atoms with Gasteiger partial charge < -0.3 is 24.7 Å². The van der Waals surface area contributed by atoms with Crippen LogP contribution in [0.3, 0.4) is 0 Å². The van der Waals surface area contributed by atoms with Gasteiger partial charge in [-0.1, -0.05) is 26.3 Å². The van der Waals surface area contributed by atoms with E-state index in [9.17, 15) is 24.6 Å². The van der Waals surface area contributed by atoms with Gasteiger partial charge in [0.1, 0.15) is 11.6 Å². The van der Waals surface area contributed by atoms with Crippen LogP contribution in [0.4, 0.5) is 0 Å². The van der Waals surface area contributed by atoms with E-state index >= 15 is 0 Å². The minimum absolute atomic E-state index is 0.0672. The molecule has 2 unspecified atom stereocenters. The highest BCUT2D eigenvalue weighted by atomic mass is 16.5. The lowest BCUT2D eigenvalue weighted by Crippen LogP contribution is -2.62. The Bertz CT molecular complexity index is 762. The number of carbonyl (C=O) groups is 3. The Morgan fingerprint density at radius 1 is 1.42 bits per heavy atom. The molecule has 0 aromatic rings. The minimum atomic E-state index is -1.17. The van der Waals surface area contributed by atoms with E-state index in [0.29, 0.717) is 25.8 Å². The third-order valence-corrected chi connectivity index (χ3v) is 7.49.